The molecular formula is C14H26N2O. The van der Waals surface area contributed by atoms with Crippen molar-refractivity contribution < 1.29 is 4.79 Å². The van der Waals surface area contributed by atoms with Crippen LogP contribution in [0.1, 0.15) is 52.4 Å². The molecule has 1 saturated carbocycles. The quantitative estimate of drug-likeness (QED) is 0.788. The molecule has 2 aliphatic rings. The average Bonchev–Trinajstić information content (AvgIpc) is 2.83. The molecule has 0 spiro atoms. The summed E-state index contributed by atoms with van der Waals surface area (Å²) in [6, 6.07) is 0.514. The summed E-state index contributed by atoms with van der Waals surface area (Å²) in [5.74, 6) is 1.49. The highest BCUT2D eigenvalue weighted by molar-refractivity contribution is 5.74. The van der Waals surface area contributed by atoms with Gasteiger partial charge in [-0.15, -0.1) is 0 Å². The average molecular weight is 238 g/mol. The van der Waals surface area contributed by atoms with Gasteiger partial charge in [-0.1, -0.05) is 19.8 Å². The van der Waals surface area contributed by atoms with E-state index in [1.165, 1.54) is 25.7 Å². The molecule has 1 heterocycles. The molecule has 0 aromatic rings. The van der Waals surface area contributed by atoms with Crippen molar-refractivity contribution in [1.29, 1.82) is 0 Å². The van der Waals surface area contributed by atoms with Gasteiger partial charge in [0.1, 0.15) is 0 Å². The molecule has 0 aromatic heterocycles. The van der Waals surface area contributed by atoms with Gasteiger partial charge in [0.05, 0.1) is 0 Å². The molecule has 17 heavy (non-hydrogen) atoms. The van der Waals surface area contributed by atoms with Gasteiger partial charge in [-0.2, -0.15) is 0 Å². The number of nitrogens with zero attached hydrogens (tertiary/aromatic N) is 1. The highest BCUT2D eigenvalue weighted by Crippen LogP contribution is 2.27. The Morgan fingerprint density at radius 3 is 2.35 bits per heavy atom. The smallest absolute Gasteiger partial charge is 0.317 e. The van der Waals surface area contributed by atoms with Crippen LogP contribution >= 0.6 is 0 Å². The molecule has 1 unspecified atom stereocenters. The molecule has 2 rings (SSSR count). The molecule has 2 fully saturated rings. The van der Waals surface area contributed by atoms with E-state index in [1.54, 1.807) is 0 Å². The molecule has 2 amide bonds. The van der Waals surface area contributed by atoms with Crippen molar-refractivity contribution in [2.75, 3.05) is 13.1 Å². The largest absolute Gasteiger partial charge is 0.335 e. The molecule has 0 bridgehead atoms. The molecule has 1 atom stereocenters. The SMILES string of the molecule is CC1CCN(C(=O)NC(C)C2CCCC2)CC1. The van der Waals surface area contributed by atoms with Gasteiger partial charge in [-0.05, 0) is 44.4 Å². The van der Waals surface area contributed by atoms with Gasteiger partial charge in [0, 0.05) is 19.1 Å². The summed E-state index contributed by atoms with van der Waals surface area (Å²) in [5.41, 5.74) is 0. The van der Waals surface area contributed by atoms with Crippen LogP contribution in [0.2, 0.25) is 0 Å². The topological polar surface area (TPSA) is 32.3 Å². The first-order chi connectivity index (χ1) is 8.16. The Balaban J connectivity index is 1.76. The van der Waals surface area contributed by atoms with Crippen LogP contribution in [0.15, 0.2) is 0 Å². The third kappa shape index (κ3) is 3.36. The number of likely N-dealkylation sites (tertiary alicyclic amines) is 1. The van der Waals surface area contributed by atoms with E-state index in [-0.39, 0.29) is 6.03 Å². The maximum atomic E-state index is 12.1. The van der Waals surface area contributed by atoms with Crippen LogP contribution in [0, 0.1) is 11.8 Å². The highest BCUT2D eigenvalue weighted by atomic mass is 16.2. The zero-order valence-electron chi connectivity index (χ0n) is 11.2. The summed E-state index contributed by atoms with van der Waals surface area (Å²) in [5, 5.41) is 3.19. The second-order valence-electron chi connectivity index (χ2n) is 5.95. The Kier molecular flexibility index (Phi) is 4.30. The number of nitrogens with one attached hydrogen (secondary N) is 1. The molecular weight excluding hydrogens is 212 g/mol. The number of amides is 2. The lowest BCUT2D eigenvalue weighted by Crippen LogP contribution is -2.48. The molecule has 98 valence electrons. The minimum Gasteiger partial charge on any atom is -0.335 e. The Morgan fingerprint density at radius 1 is 1.18 bits per heavy atom. The fourth-order valence-corrected chi connectivity index (χ4v) is 3.07. The third-order valence-electron chi connectivity index (χ3n) is 4.53. The third-order valence-corrected chi connectivity index (χ3v) is 4.53. The molecule has 0 radical (unpaired) electrons. The first-order valence-corrected chi connectivity index (χ1v) is 7.22. The van der Waals surface area contributed by atoms with E-state index in [0.29, 0.717) is 12.0 Å². The van der Waals surface area contributed by atoms with Gasteiger partial charge >= 0.3 is 6.03 Å². The van der Waals surface area contributed by atoms with Crippen LogP contribution in [0.25, 0.3) is 0 Å². The van der Waals surface area contributed by atoms with E-state index < -0.39 is 0 Å². The van der Waals surface area contributed by atoms with Crippen LogP contribution < -0.4 is 5.32 Å². The van der Waals surface area contributed by atoms with Gasteiger partial charge in [-0.3, -0.25) is 0 Å². The van der Waals surface area contributed by atoms with Gasteiger partial charge < -0.3 is 10.2 Å². The summed E-state index contributed by atoms with van der Waals surface area (Å²) in [7, 11) is 0. The summed E-state index contributed by atoms with van der Waals surface area (Å²) < 4.78 is 0. The van der Waals surface area contributed by atoms with Crippen molar-refractivity contribution in [3.05, 3.63) is 0 Å². The van der Waals surface area contributed by atoms with Crippen LogP contribution in [0.3, 0.4) is 0 Å². The van der Waals surface area contributed by atoms with Crippen molar-refractivity contribution in [3.63, 3.8) is 0 Å². The van der Waals surface area contributed by atoms with Crippen LogP contribution in [0.4, 0.5) is 4.79 Å². The van der Waals surface area contributed by atoms with Gasteiger partial charge in [0.15, 0.2) is 0 Å². The summed E-state index contributed by atoms with van der Waals surface area (Å²) in [6.45, 7) is 6.31. The van der Waals surface area contributed by atoms with Crippen molar-refractivity contribution in [3.8, 4) is 0 Å². The minimum absolute atomic E-state index is 0.163. The van der Waals surface area contributed by atoms with Gasteiger partial charge in [0.2, 0.25) is 0 Å². The van der Waals surface area contributed by atoms with E-state index in [9.17, 15) is 4.79 Å². The fourth-order valence-electron chi connectivity index (χ4n) is 3.07. The monoisotopic (exact) mass is 238 g/mol. The Bertz CT molecular complexity index is 253. The van der Waals surface area contributed by atoms with Gasteiger partial charge in [0.25, 0.3) is 0 Å². The normalized spacial score (nSPS) is 24.9. The molecule has 1 saturated heterocycles. The van der Waals surface area contributed by atoms with Crippen molar-refractivity contribution >= 4 is 6.03 Å². The molecule has 1 aliphatic carbocycles. The number of carbonyl (C=O) groups excluding carboxylic acids is 1. The Morgan fingerprint density at radius 2 is 1.76 bits per heavy atom. The van der Waals surface area contributed by atoms with E-state index in [2.05, 4.69) is 19.2 Å². The lowest BCUT2D eigenvalue weighted by molar-refractivity contribution is 0.167. The lowest BCUT2D eigenvalue weighted by atomic mass is 9.99. The van der Waals surface area contributed by atoms with Crippen molar-refractivity contribution in [2.24, 2.45) is 11.8 Å². The number of piperidine rings is 1. The first-order valence-electron chi connectivity index (χ1n) is 7.22. The predicted molar refractivity (Wildman–Crippen MR) is 69.9 cm³/mol. The van der Waals surface area contributed by atoms with Crippen molar-refractivity contribution in [2.45, 2.75) is 58.4 Å². The fraction of sp³-hybridized carbons (Fsp3) is 0.929. The highest BCUT2D eigenvalue weighted by Gasteiger charge is 2.26. The number of carbonyl (C=O) groups is 1. The first kappa shape index (κ1) is 12.7. The van der Waals surface area contributed by atoms with E-state index in [0.717, 1.165) is 31.8 Å². The number of rotatable bonds is 2. The summed E-state index contributed by atoms with van der Waals surface area (Å²) >= 11 is 0. The molecule has 1 aliphatic heterocycles. The second-order valence-corrected chi connectivity index (χ2v) is 5.95. The molecule has 3 nitrogen and oxygen atoms in total. The predicted octanol–water partition coefficient (Wildman–Crippen LogP) is 3.01. The van der Waals surface area contributed by atoms with E-state index >= 15 is 0 Å². The van der Waals surface area contributed by atoms with Crippen molar-refractivity contribution in [1.82, 2.24) is 10.2 Å². The Hall–Kier alpha value is -0.730. The second kappa shape index (κ2) is 5.74. The number of urea groups is 1. The van der Waals surface area contributed by atoms with Crippen LogP contribution in [0.5, 0.6) is 0 Å². The summed E-state index contributed by atoms with van der Waals surface area (Å²) in [4.78, 5) is 14.1. The minimum atomic E-state index is 0.163. The maximum Gasteiger partial charge on any atom is 0.317 e. The molecule has 3 heteroatoms. The summed E-state index contributed by atoms with van der Waals surface area (Å²) in [6.07, 6.45) is 7.58. The zero-order valence-corrected chi connectivity index (χ0v) is 11.2. The van der Waals surface area contributed by atoms with Crippen LogP contribution in [-0.4, -0.2) is 30.1 Å². The number of hydrogen-bond acceptors (Lipinski definition) is 1. The van der Waals surface area contributed by atoms with E-state index in [1.807, 2.05) is 4.90 Å². The molecule has 1 N–H and O–H groups in total. The standard InChI is InChI=1S/C14H26N2O/c1-11-7-9-16(10-8-11)14(17)15-12(2)13-5-3-4-6-13/h11-13H,3-10H2,1-2H3,(H,15,17). The Labute approximate surface area is 105 Å². The molecule has 0 aromatic carbocycles. The number of hydrogen-bond donors (Lipinski definition) is 1. The zero-order chi connectivity index (χ0) is 12.3. The van der Waals surface area contributed by atoms with Gasteiger partial charge in [-0.25, -0.2) is 4.79 Å². The van der Waals surface area contributed by atoms with Crippen LogP contribution in [-0.2, 0) is 0 Å². The van der Waals surface area contributed by atoms with E-state index in [4.69, 9.17) is 0 Å². The maximum absolute atomic E-state index is 12.1. The lowest BCUT2D eigenvalue weighted by Gasteiger charge is -2.32.